The van der Waals surface area contributed by atoms with Gasteiger partial charge in [0.15, 0.2) is 0 Å². The second kappa shape index (κ2) is 10.8. The summed E-state index contributed by atoms with van der Waals surface area (Å²) in [5.41, 5.74) is 7.20. The first-order valence-corrected chi connectivity index (χ1v) is 13.0. The highest BCUT2D eigenvalue weighted by molar-refractivity contribution is 6.30. The van der Waals surface area contributed by atoms with Gasteiger partial charge >= 0.3 is 6.18 Å². The van der Waals surface area contributed by atoms with E-state index < -0.39 is 17.6 Å². The van der Waals surface area contributed by atoms with Crippen LogP contribution in [0, 0.1) is 0 Å². The molecule has 2 amide bonds. The van der Waals surface area contributed by atoms with Crippen LogP contribution in [0.25, 0.3) is 16.8 Å². The van der Waals surface area contributed by atoms with Crippen molar-refractivity contribution in [1.82, 2.24) is 24.3 Å². The number of likely N-dealkylation sites (tertiary alicyclic amines) is 1. The van der Waals surface area contributed by atoms with Crippen LogP contribution in [0.1, 0.15) is 53.8 Å². The van der Waals surface area contributed by atoms with Crippen molar-refractivity contribution in [2.24, 2.45) is 0 Å². The molecule has 0 bridgehead atoms. The van der Waals surface area contributed by atoms with Crippen molar-refractivity contribution < 1.29 is 22.8 Å². The summed E-state index contributed by atoms with van der Waals surface area (Å²) in [6.45, 7) is 3.03. The van der Waals surface area contributed by atoms with Crippen LogP contribution in [0.3, 0.4) is 0 Å². The van der Waals surface area contributed by atoms with Gasteiger partial charge < -0.3 is 16.0 Å². The zero-order valence-corrected chi connectivity index (χ0v) is 22.1. The number of rotatable bonds is 5. The van der Waals surface area contributed by atoms with Crippen LogP contribution in [-0.4, -0.2) is 49.2 Å². The SMILES string of the molecule is CCC(=O)N1CCCC(c2nc(-c3ccc(C(=O)Nc4cc(C(F)(F)F)ccn4)cc3)c3c(N)ncc(Cl)n23)C1. The van der Waals surface area contributed by atoms with Crippen LogP contribution < -0.4 is 11.1 Å². The fraction of sp³-hybridized carbons (Fsp3) is 0.296. The number of fused-ring (bicyclic) bond motifs is 1. The van der Waals surface area contributed by atoms with Gasteiger partial charge in [-0.1, -0.05) is 30.7 Å². The third-order valence-corrected chi connectivity index (χ3v) is 7.13. The number of hydrogen-bond donors (Lipinski definition) is 2. The number of hydrogen-bond acceptors (Lipinski definition) is 6. The number of alkyl halides is 3. The Kier molecular flexibility index (Phi) is 7.37. The van der Waals surface area contributed by atoms with Gasteiger partial charge in [-0.3, -0.25) is 14.0 Å². The van der Waals surface area contributed by atoms with Crippen molar-refractivity contribution in [1.29, 1.82) is 0 Å². The molecule has 1 fully saturated rings. The van der Waals surface area contributed by atoms with Crippen LogP contribution in [0.2, 0.25) is 5.15 Å². The maximum absolute atomic E-state index is 13.0. The summed E-state index contributed by atoms with van der Waals surface area (Å²) in [6, 6.07) is 7.97. The largest absolute Gasteiger partial charge is 0.416 e. The monoisotopic (exact) mass is 571 g/mol. The molecule has 0 saturated carbocycles. The van der Waals surface area contributed by atoms with Crippen LogP contribution in [0.4, 0.5) is 24.8 Å². The molecule has 0 aliphatic carbocycles. The fourth-order valence-electron chi connectivity index (χ4n) is 4.89. The Balaban J connectivity index is 1.46. The van der Waals surface area contributed by atoms with E-state index in [4.69, 9.17) is 22.3 Å². The predicted molar refractivity (Wildman–Crippen MR) is 144 cm³/mol. The lowest BCUT2D eigenvalue weighted by molar-refractivity contribution is -0.137. The molecule has 1 aliphatic heterocycles. The first kappa shape index (κ1) is 27.4. The zero-order chi connectivity index (χ0) is 28.6. The van der Waals surface area contributed by atoms with Gasteiger partial charge in [0.05, 0.1) is 11.8 Å². The minimum atomic E-state index is -4.56. The number of anilines is 2. The summed E-state index contributed by atoms with van der Waals surface area (Å²) in [5.74, 6) is 0.0381. The number of amides is 2. The quantitative estimate of drug-likeness (QED) is 0.330. The van der Waals surface area contributed by atoms with Gasteiger partial charge in [0.25, 0.3) is 5.91 Å². The van der Waals surface area contributed by atoms with Crippen molar-refractivity contribution >= 4 is 40.6 Å². The van der Waals surface area contributed by atoms with E-state index >= 15 is 0 Å². The van der Waals surface area contributed by atoms with Crippen LogP contribution in [0.5, 0.6) is 0 Å². The first-order valence-electron chi connectivity index (χ1n) is 12.6. The van der Waals surface area contributed by atoms with Crippen molar-refractivity contribution in [3.63, 3.8) is 0 Å². The highest BCUT2D eigenvalue weighted by Crippen LogP contribution is 2.36. The Morgan fingerprint density at radius 1 is 1.18 bits per heavy atom. The highest BCUT2D eigenvalue weighted by atomic mass is 35.5. The number of carbonyl (C=O) groups is 2. The molecule has 13 heteroatoms. The smallest absolute Gasteiger partial charge is 0.382 e. The topological polar surface area (TPSA) is 119 Å². The zero-order valence-electron chi connectivity index (χ0n) is 21.4. The number of carbonyl (C=O) groups excluding carboxylic acids is 2. The molecule has 1 aromatic carbocycles. The van der Waals surface area contributed by atoms with Gasteiger partial charge in [-0.05, 0) is 37.1 Å². The summed E-state index contributed by atoms with van der Waals surface area (Å²) in [7, 11) is 0. The Bertz CT molecular complexity index is 1590. The molecule has 40 heavy (non-hydrogen) atoms. The minimum absolute atomic E-state index is 0.0742. The molecule has 3 aromatic heterocycles. The molecule has 3 N–H and O–H groups in total. The summed E-state index contributed by atoms with van der Waals surface area (Å²) < 4.78 is 40.8. The van der Waals surface area contributed by atoms with E-state index in [0.717, 1.165) is 31.2 Å². The van der Waals surface area contributed by atoms with Gasteiger partial charge in [0.1, 0.15) is 33.8 Å². The second-order valence-corrected chi connectivity index (χ2v) is 9.85. The van der Waals surface area contributed by atoms with E-state index in [1.807, 2.05) is 11.8 Å². The summed E-state index contributed by atoms with van der Waals surface area (Å²) >= 11 is 6.56. The number of aromatic nitrogens is 4. The normalized spacial score (nSPS) is 15.8. The molecule has 1 unspecified atom stereocenters. The highest BCUT2D eigenvalue weighted by Gasteiger charge is 2.31. The summed E-state index contributed by atoms with van der Waals surface area (Å²) in [4.78, 5) is 39.8. The molecular formula is C27H25ClF3N7O2. The standard InChI is InChI=1S/C27H25ClF3N7O2/c1-2-21(39)37-11-3-4-17(14-37)25-36-22(23-24(32)34-13-19(28)38(23)25)15-5-7-16(8-6-15)26(40)35-20-12-18(9-10-33-20)27(29,30)31/h5-10,12-13,17H,2-4,11,14H2,1H3,(H2,32,34)(H,33,35,40). The van der Waals surface area contributed by atoms with Gasteiger partial charge in [0.2, 0.25) is 5.91 Å². The third-order valence-electron chi connectivity index (χ3n) is 6.86. The molecule has 208 valence electrons. The number of piperidine rings is 1. The van der Waals surface area contributed by atoms with Crippen molar-refractivity contribution in [3.8, 4) is 11.3 Å². The molecular weight excluding hydrogens is 547 g/mol. The average Bonchev–Trinajstić information content (AvgIpc) is 3.36. The lowest BCUT2D eigenvalue weighted by Crippen LogP contribution is -2.39. The van der Waals surface area contributed by atoms with E-state index in [9.17, 15) is 22.8 Å². The number of imidazole rings is 1. The van der Waals surface area contributed by atoms with E-state index in [0.29, 0.717) is 47.3 Å². The van der Waals surface area contributed by atoms with Crippen molar-refractivity contribution in [2.75, 3.05) is 24.1 Å². The number of nitrogens with two attached hydrogens (primary N) is 1. The number of nitrogens with zero attached hydrogens (tertiary/aromatic N) is 5. The van der Waals surface area contributed by atoms with Crippen molar-refractivity contribution in [3.05, 3.63) is 70.9 Å². The Morgan fingerprint density at radius 3 is 2.62 bits per heavy atom. The molecule has 4 heterocycles. The number of benzene rings is 1. The molecule has 1 saturated heterocycles. The van der Waals surface area contributed by atoms with E-state index in [1.54, 1.807) is 16.5 Å². The van der Waals surface area contributed by atoms with Gasteiger partial charge in [-0.15, -0.1) is 0 Å². The van der Waals surface area contributed by atoms with E-state index in [-0.39, 0.29) is 29.0 Å². The molecule has 0 radical (unpaired) electrons. The molecule has 5 rings (SSSR count). The minimum Gasteiger partial charge on any atom is -0.382 e. The number of halogens is 4. The van der Waals surface area contributed by atoms with Crippen LogP contribution in [0.15, 0.2) is 48.8 Å². The molecule has 9 nitrogen and oxygen atoms in total. The number of nitrogens with one attached hydrogen (secondary N) is 1. The van der Waals surface area contributed by atoms with Crippen molar-refractivity contribution in [2.45, 2.75) is 38.3 Å². The van der Waals surface area contributed by atoms with Gasteiger partial charge in [0, 0.05) is 42.8 Å². The molecule has 4 aromatic rings. The number of nitrogen functional groups attached to an aromatic ring is 1. The second-order valence-electron chi connectivity index (χ2n) is 9.46. The lowest BCUT2D eigenvalue weighted by Gasteiger charge is -2.32. The van der Waals surface area contributed by atoms with Gasteiger partial charge in [-0.25, -0.2) is 15.0 Å². The molecule has 1 aliphatic rings. The Hall–Kier alpha value is -4.19. The Labute approximate surface area is 232 Å². The third kappa shape index (κ3) is 5.31. The summed E-state index contributed by atoms with van der Waals surface area (Å²) in [5, 5.41) is 2.71. The van der Waals surface area contributed by atoms with Gasteiger partial charge in [-0.2, -0.15) is 13.2 Å². The maximum atomic E-state index is 13.0. The van der Waals surface area contributed by atoms with Crippen LogP contribution >= 0.6 is 11.6 Å². The molecule has 1 atom stereocenters. The lowest BCUT2D eigenvalue weighted by atomic mass is 9.97. The summed E-state index contributed by atoms with van der Waals surface area (Å²) in [6.07, 6.45) is -0.0717. The maximum Gasteiger partial charge on any atom is 0.416 e. The van der Waals surface area contributed by atoms with Crippen LogP contribution in [-0.2, 0) is 11.0 Å². The number of pyridine rings is 1. The van der Waals surface area contributed by atoms with E-state index in [1.165, 1.54) is 18.3 Å². The predicted octanol–water partition coefficient (Wildman–Crippen LogP) is 5.41. The average molecular weight is 572 g/mol. The van der Waals surface area contributed by atoms with E-state index in [2.05, 4.69) is 15.3 Å². The Morgan fingerprint density at radius 2 is 1.93 bits per heavy atom. The molecule has 0 spiro atoms. The fourth-order valence-corrected chi connectivity index (χ4v) is 5.11. The first-order chi connectivity index (χ1) is 19.1.